The predicted molar refractivity (Wildman–Crippen MR) is 111 cm³/mol. The molecule has 2 N–H and O–H groups in total. The van der Waals surface area contributed by atoms with Crippen LogP contribution in [-0.2, 0) is 5.41 Å². The first-order valence-corrected chi connectivity index (χ1v) is 9.40. The minimum absolute atomic E-state index is 0.145. The fourth-order valence-electron chi connectivity index (χ4n) is 3.43. The third-order valence-electron chi connectivity index (χ3n) is 5.15. The molecular formula is C23H21N5O. The Kier molecular flexibility index (Phi) is 5.16. The number of nitrogens with zero attached hydrogens (tertiary/aromatic N) is 3. The molecule has 0 saturated heterocycles. The number of H-pyrrole nitrogens is 1. The van der Waals surface area contributed by atoms with Gasteiger partial charge in [-0.15, -0.1) is 10.2 Å². The SMILES string of the molecule is CC(CNC(=O)c1cccc(-c2nn[nH]n2)c1)(c1ccccc1)c1ccccc1. The molecule has 0 aliphatic carbocycles. The zero-order chi connectivity index (χ0) is 20.1. The van der Waals surface area contributed by atoms with Gasteiger partial charge >= 0.3 is 0 Å². The number of nitrogens with one attached hydrogen (secondary N) is 2. The topological polar surface area (TPSA) is 83.6 Å². The first-order valence-electron chi connectivity index (χ1n) is 9.40. The standard InChI is InChI=1S/C23H21N5O/c1-23(19-11-4-2-5-12-19,20-13-6-3-7-14-20)16-24-22(29)18-10-8-9-17(15-18)21-25-27-28-26-21/h2-15H,16H2,1H3,(H,24,29)(H,25,26,27,28). The van der Waals surface area contributed by atoms with E-state index >= 15 is 0 Å². The average Bonchev–Trinajstić information content (AvgIpc) is 3.34. The molecule has 0 radical (unpaired) electrons. The van der Waals surface area contributed by atoms with Gasteiger partial charge < -0.3 is 5.32 Å². The summed E-state index contributed by atoms with van der Waals surface area (Å²) in [6.07, 6.45) is 0. The molecule has 1 heterocycles. The summed E-state index contributed by atoms with van der Waals surface area (Å²) in [4.78, 5) is 12.9. The predicted octanol–water partition coefficient (Wildman–Crippen LogP) is 3.60. The molecule has 0 aliphatic rings. The number of hydrogen-bond acceptors (Lipinski definition) is 4. The lowest BCUT2D eigenvalue weighted by molar-refractivity contribution is 0.0947. The van der Waals surface area contributed by atoms with Crippen LogP contribution in [0.3, 0.4) is 0 Å². The van der Waals surface area contributed by atoms with Crippen molar-refractivity contribution in [2.24, 2.45) is 0 Å². The van der Waals surface area contributed by atoms with Gasteiger partial charge in [0.05, 0.1) is 0 Å². The molecule has 0 fully saturated rings. The molecule has 0 aliphatic heterocycles. The molecule has 1 aromatic heterocycles. The van der Waals surface area contributed by atoms with Crippen LogP contribution in [0.25, 0.3) is 11.4 Å². The number of rotatable bonds is 6. The Morgan fingerprint density at radius 2 is 1.59 bits per heavy atom. The van der Waals surface area contributed by atoms with Gasteiger partial charge in [-0.05, 0) is 35.4 Å². The van der Waals surface area contributed by atoms with Crippen LogP contribution in [0.15, 0.2) is 84.9 Å². The molecule has 29 heavy (non-hydrogen) atoms. The van der Waals surface area contributed by atoms with E-state index in [0.29, 0.717) is 17.9 Å². The monoisotopic (exact) mass is 383 g/mol. The van der Waals surface area contributed by atoms with Crippen molar-refractivity contribution < 1.29 is 4.79 Å². The maximum absolute atomic E-state index is 12.9. The van der Waals surface area contributed by atoms with E-state index in [0.717, 1.165) is 16.7 Å². The maximum atomic E-state index is 12.9. The molecular weight excluding hydrogens is 362 g/mol. The van der Waals surface area contributed by atoms with Crippen molar-refractivity contribution in [1.29, 1.82) is 0 Å². The second kappa shape index (κ2) is 8.06. The van der Waals surface area contributed by atoms with Crippen molar-refractivity contribution in [3.05, 3.63) is 102 Å². The zero-order valence-electron chi connectivity index (χ0n) is 16.0. The van der Waals surface area contributed by atoms with Crippen LogP contribution in [0.2, 0.25) is 0 Å². The van der Waals surface area contributed by atoms with Crippen molar-refractivity contribution in [2.75, 3.05) is 6.54 Å². The molecule has 6 heteroatoms. The molecule has 144 valence electrons. The maximum Gasteiger partial charge on any atom is 0.251 e. The summed E-state index contributed by atoms with van der Waals surface area (Å²) in [5.41, 5.74) is 3.22. The second-order valence-corrected chi connectivity index (χ2v) is 7.06. The minimum Gasteiger partial charge on any atom is -0.351 e. The van der Waals surface area contributed by atoms with E-state index in [4.69, 9.17) is 0 Å². The molecule has 0 spiro atoms. The van der Waals surface area contributed by atoms with E-state index < -0.39 is 0 Å². The Morgan fingerprint density at radius 3 is 2.17 bits per heavy atom. The van der Waals surface area contributed by atoms with Gasteiger partial charge in [-0.2, -0.15) is 5.21 Å². The third-order valence-corrected chi connectivity index (χ3v) is 5.15. The quantitative estimate of drug-likeness (QED) is 0.533. The van der Waals surface area contributed by atoms with Crippen LogP contribution in [0.5, 0.6) is 0 Å². The van der Waals surface area contributed by atoms with Gasteiger partial charge in [0.2, 0.25) is 5.82 Å². The third kappa shape index (κ3) is 3.91. The number of carbonyl (C=O) groups is 1. The minimum atomic E-state index is -0.358. The molecule has 0 saturated carbocycles. The first kappa shape index (κ1) is 18.6. The fraction of sp³-hybridized carbons (Fsp3) is 0.130. The number of carbonyl (C=O) groups excluding carboxylic acids is 1. The number of aromatic nitrogens is 4. The Labute approximate surface area is 169 Å². The Morgan fingerprint density at radius 1 is 0.931 bits per heavy atom. The lowest BCUT2D eigenvalue weighted by atomic mass is 9.76. The molecule has 0 unspecified atom stereocenters. The highest BCUT2D eigenvalue weighted by atomic mass is 16.1. The lowest BCUT2D eigenvalue weighted by Crippen LogP contribution is -2.39. The summed E-state index contributed by atoms with van der Waals surface area (Å²) in [6, 6.07) is 27.7. The lowest BCUT2D eigenvalue weighted by Gasteiger charge is -2.31. The van der Waals surface area contributed by atoms with Crippen LogP contribution in [-0.4, -0.2) is 33.1 Å². The largest absolute Gasteiger partial charge is 0.351 e. The number of tetrazole rings is 1. The average molecular weight is 383 g/mol. The number of amides is 1. The van der Waals surface area contributed by atoms with Crippen molar-refractivity contribution in [3.63, 3.8) is 0 Å². The van der Waals surface area contributed by atoms with E-state index in [1.807, 2.05) is 48.5 Å². The van der Waals surface area contributed by atoms with Crippen LogP contribution >= 0.6 is 0 Å². The van der Waals surface area contributed by atoms with Crippen LogP contribution < -0.4 is 5.32 Å². The van der Waals surface area contributed by atoms with E-state index in [1.54, 1.807) is 12.1 Å². The highest BCUT2D eigenvalue weighted by Gasteiger charge is 2.29. The molecule has 3 aromatic carbocycles. The summed E-state index contributed by atoms with van der Waals surface area (Å²) in [5.74, 6) is 0.312. The highest BCUT2D eigenvalue weighted by Crippen LogP contribution is 2.31. The van der Waals surface area contributed by atoms with E-state index in [1.165, 1.54) is 0 Å². The molecule has 6 nitrogen and oxygen atoms in total. The van der Waals surface area contributed by atoms with Gasteiger partial charge in [0.25, 0.3) is 5.91 Å². The fourth-order valence-corrected chi connectivity index (χ4v) is 3.43. The molecule has 0 atom stereocenters. The Bertz CT molecular complexity index is 1040. The number of benzene rings is 3. The number of aromatic amines is 1. The molecule has 4 rings (SSSR count). The molecule has 0 bridgehead atoms. The van der Waals surface area contributed by atoms with Gasteiger partial charge in [0.1, 0.15) is 0 Å². The van der Waals surface area contributed by atoms with Gasteiger partial charge in [0.15, 0.2) is 0 Å². The summed E-state index contributed by atoms with van der Waals surface area (Å²) < 4.78 is 0. The van der Waals surface area contributed by atoms with Crippen molar-refractivity contribution in [3.8, 4) is 11.4 Å². The normalized spacial score (nSPS) is 11.2. The van der Waals surface area contributed by atoms with Gasteiger partial charge in [-0.3, -0.25) is 4.79 Å². The van der Waals surface area contributed by atoms with Gasteiger partial charge in [-0.25, -0.2) is 0 Å². The van der Waals surface area contributed by atoms with Crippen LogP contribution in [0.4, 0.5) is 0 Å². The zero-order valence-corrected chi connectivity index (χ0v) is 16.0. The van der Waals surface area contributed by atoms with E-state index in [-0.39, 0.29) is 11.3 Å². The highest BCUT2D eigenvalue weighted by molar-refractivity contribution is 5.95. The van der Waals surface area contributed by atoms with Gasteiger partial charge in [0, 0.05) is 23.1 Å². The Hall–Kier alpha value is -3.80. The van der Waals surface area contributed by atoms with E-state index in [2.05, 4.69) is 57.1 Å². The summed E-state index contributed by atoms with van der Waals surface area (Å²) >= 11 is 0. The van der Waals surface area contributed by atoms with Crippen molar-refractivity contribution >= 4 is 5.91 Å². The van der Waals surface area contributed by atoms with Crippen molar-refractivity contribution in [2.45, 2.75) is 12.3 Å². The smallest absolute Gasteiger partial charge is 0.251 e. The molecule has 1 amide bonds. The van der Waals surface area contributed by atoms with Crippen LogP contribution in [0, 0.1) is 0 Å². The summed E-state index contributed by atoms with van der Waals surface area (Å²) in [7, 11) is 0. The molecule has 4 aromatic rings. The Balaban J connectivity index is 1.58. The second-order valence-electron chi connectivity index (χ2n) is 7.06. The van der Waals surface area contributed by atoms with Crippen LogP contribution in [0.1, 0.15) is 28.4 Å². The summed E-state index contributed by atoms with van der Waals surface area (Å²) in [6.45, 7) is 2.61. The van der Waals surface area contributed by atoms with Gasteiger partial charge in [-0.1, -0.05) is 72.8 Å². The first-order chi connectivity index (χ1) is 14.2. The summed E-state index contributed by atoms with van der Waals surface area (Å²) in [5, 5.41) is 17.1. The number of hydrogen-bond donors (Lipinski definition) is 2. The van der Waals surface area contributed by atoms with Crippen molar-refractivity contribution in [1.82, 2.24) is 25.9 Å². The van der Waals surface area contributed by atoms with E-state index in [9.17, 15) is 4.79 Å².